The summed E-state index contributed by atoms with van der Waals surface area (Å²) in [5, 5.41) is 12.5. The van der Waals surface area contributed by atoms with E-state index in [2.05, 4.69) is 24.1 Å². The van der Waals surface area contributed by atoms with Crippen LogP contribution in [-0.4, -0.2) is 61.5 Å². The lowest BCUT2D eigenvalue weighted by atomic mass is 9.99. The van der Waals surface area contributed by atoms with Crippen LogP contribution in [0.25, 0.3) is 0 Å². The van der Waals surface area contributed by atoms with Crippen LogP contribution < -0.4 is 5.32 Å². The summed E-state index contributed by atoms with van der Waals surface area (Å²) in [6.07, 6.45) is 2.41. The van der Waals surface area contributed by atoms with Crippen LogP contribution in [0.1, 0.15) is 26.7 Å². The molecule has 0 saturated carbocycles. The van der Waals surface area contributed by atoms with Crippen molar-refractivity contribution in [1.29, 1.82) is 0 Å². The quantitative estimate of drug-likeness (QED) is 0.720. The van der Waals surface area contributed by atoms with Crippen LogP contribution in [0.3, 0.4) is 0 Å². The highest BCUT2D eigenvalue weighted by Gasteiger charge is 2.23. The van der Waals surface area contributed by atoms with Gasteiger partial charge in [0.2, 0.25) is 0 Å². The molecule has 1 saturated heterocycles. The minimum Gasteiger partial charge on any atom is -0.394 e. The maximum atomic E-state index is 9.32. The van der Waals surface area contributed by atoms with Gasteiger partial charge < -0.3 is 20.1 Å². The molecule has 16 heavy (non-hydrogen) atoms. The van der Waals surface area contributed by atoms with Gasteiger partial charge in [-0.05, 0) is 33.7 Å². The zero-order valence-corrected chi connectivity index (χ0v) is 10.8. The first-order valence-corrected chi connectivity index (χ1v) is 6.23. The number of nitrogens with zero attached hydrogens (tertiary/aromatic N) is 1. The predicted molar refractivity (Wildman–Crippen MR) is 65.6 cm³/mol. The van der Waals surface area contributed by atoms with Crippen LogP contribution in [-0.2, 0) is 4.74 Å². The molecule has 1 aliphatic heterocycles. The van der Waals surface area contributed by atoms with Gasteiger partial charge in [-0.15, -0.1) is 0 Å². The van der Waals surface area contributed by atoms with Crippen molar-refractivity contribution in [2.75, 3.05) is 39.9 Å². The van der Waals surface area contributed by atoms with Crippen molar-refractivity contribution >= 4 is 0 Å². The standard InChI is InChI=1S/C12H26N2O2/c1-11-9-14(6-4-8-16-11)7-5-12(2,10-15)13-3/h11,13,15H,4-10H2,1-3H3. The monoisotopic (exact) mass is 230 g/mol. The van der Waals surface area contributed by atoms with Gasteiger partial charge in [-0.25, -0.2) is 0 Å². The second kappa shape index (κ2) is 6.55. The Bertz CT molecular complexity index is 195. The molecule has 0 aromatic rings. The first kappa shape index (κ1) is 13.9. The molecule has 1 heterocycles. The number of ether oxygens (including phenoxy) is 1. The average Bonchev–Trinajstić information content (AvgIpc) is 2.50. The van der Waals surface area contributed by atoms with Crippen molar-refractivity contribution in [3.05, 3.63) is 0 Å². The molecule has 0 bridgehead atoms. The molecule has 96 valence electrons. The smallest absolute Gasteiger partial charge is 0.0673 e. The molecule has 2 unspecified atom stereocenters. The summed E-state index contributed by atoms with van der Waals surface area (Å²) in [5.41, 5.74) is -0.156. The van der Waals surface area contributed by atoms with E-state index >= 15 is 0 Å². The molecule has 0 aromatic carbocycles. The van der Waals surface area contributed by atoms with Crippen LogP contribution in [0, 0.1) is 0 Å². The highest BCUT2D eigenvalue weighted by atomic mass is 16.5. The summed E-state index contributed by atoms with van der Waals surface area (Å²) in [7, 11) is 1.91. The van der Waals surface area contributed by atoms with E-state index in [9.17, 15) is 5.11 Å². The summed E-state index contributed by atoms with van der Waals surface area (Å²) in [5.74, 6) is 0. The molecule has 1 aliphatic rings. The predicted octanol–water partition coefficient (Wildman–Crippen LogP) is 0.458. The van der Waals surface area contributed by atoms with E-state index in [1.54, 1.807) is 0 Å². The number of rotatable bonds is 5. The third-order valence-electron chi connectivity index (χ3n) is 3.47. The number of aliphatic hydroxyl groups is 1. The van der Waals surface area contributed by atoms with Gasteiger partial charge in [-0.1, -0.05) is 0 Å². The topological polar surface area (TPSA) is 44.7 Å². The summed E-state index contributed by atoms with van der Waals surface area (Å²) in [6.45, 7) is 8.38. The van der Waals surface area contributed by atoms with Crippen LogP contribution in [0.2, 0.25) is 0 Å². The number of nitrogens with one attached hydrogen (secondary N) is 1. The molecule has 1 rings (SSSR count). The normalized spacial score (nSPS) is 27.4. The fraction of sp³-hybridized carbons (Fsp3) is 1.00. The highest BCUT2D eigenvalue weighted by molar-refractivity contribution is 4.82. The van der Waals surface area contributed by atoms with Crippen LogP contribution in [0.15, 0.2) is 0 Å². The Hall–Kier alpha value is -0.160. The van der Waals surface area contributed by atoms with Crippen LogP contribution in [0.5, 0.6) is 0 Å². The van der Waals surface area contributed by atoms with Gasteiger partial charge in [0.05, 0.1) is 12.7 Å². The molecule has 2 atom stereocenters. The van der Waals surface area contributed by atoms with Crippen molar-refractivity contribution in [1.82, 2.24) is 10.2 Å². The van der Waals surface area contributed by atoms with Crippen molar-refractivity contribution in [2.45, 2.75) is 38.3 Å². The van der Waals surface area contributed by atoms with Gasteiger partial charge >= 0.3 is 0 Å². The largest absolute Gasteiger partial charge is 0.394 e. The Labute approximate surface area is 99.0 Å². The van der Waals surface area contributed by atoms with E-state index in [-0.39, 0.29) is 12.1 Å². The van der Waals surface area contributed by atoms with E-state index in [1.807, 2.05) is 7.05 Å². The molecule has 4 nitrogen and oxygen atoms in total. The summed E-state index contributed by atoms with van der Waals surface area (Å²) >= 11 is 0. The van der Waals surface area contributed by atoms with Crippen molar-refractivity contribution in [3.63, 3.8) is 0 Å². The molecule has 0 spiro atoms. The Morgan fingerprint density at radius 3 is 2.94 bits per heavy atom. The van der Waals surface area contributed by atoms with Crippen molar-refractivity contribution in [2.24, 2.45) is 0 Å². The lowest BCUT2D eigenvalue weighted by Gasteiger charge is -2.30. The fourth-order valence-electron chi connectivity index (χ4n) is 1.97. The maximum Gasteiger partial charge on any atom is 0.0673 e. The van der Waals surface area contributed by atoms with Crippen molar-refractivity contribution < 1.29 is 9.84 Å². The van der Waals surface area contributed by atoms with Gasteiger partial charge in [0.15, 0.2) is 0 Å². The van der Waals surface area contributed by atoms with Gasteiger partial charge in [0.25, 0.3) is 0 Å². The van der Waals surface area contributed by atoms with Gasteiger partial charge in [-0.3, -0.25) is 0 Å². The summed E-state index contributed by atoms with van der Waals surface area (Å²) in [6, 6.07) is 0. The SMILES string of the molecule is CNC(C)(CO)CCN1CCCOC(C)C1. The third kappa shape index (κ3) is 4.37. The van der Waals surface area contributed by atoms with E-state index in [1.165, 1.54) is 0 Å². The van der Waals surface area contributed by atoms with Crippen LogP contribution in [0.4, 0.5) is 0 Å². The number of likely N-dealkylation sites (N-methyl/N-ethyl adjacent to an activating group) is 1. The highest BCUT2D eigenvalue weighted by Crippen LogP contribution is 2.12. The zero-order valence-electron chi connectivity index (χ0n) is 10.8. The minimum absolute atomic E-state index is 0.156. The van der Waals surface area contributed by atoms with Gasteiger partial charge in [0.1, 0.15) is 0 Å². The molecule has 0 amide bonds. The summed E-state index contributed by atoms with van der Waals surface area (Å²) < 4.78 is 5.61. The molecule has 2 N–H and O–H groups in total. The number of hydrogen-bond donors (Lipinski definition) is 2. The Balaban J connectivity index is 2.35. The number of hydrogen-bond acceptors (Lipinski definition) is 4. The Morgan fingerprint density at radius 1 is 1.56 bits per heavy atom. The lowest BCUT2D eigenvalue weighted by Crippen LogP contribution is -2.46. The van der Waals surface area contributed by atoms with E-state index in [0.29, 0.717) is 6.10 Å². The Kier molecular flexibility index (Phi) is 5.69. The number of aliphatic hydroxyl groups excluding tert-OH is 1. The fourth-order valence-corrected chi connectivity index (χ4v) is 1.97. The Morgan fingerprint density at radius 2 is 2.31 bits per heavy atom. The minimum atomic E-state index is -0.156. The molecule has 0 aliphatic carbocycles. The molecule has 0 aromatic heterocycles. The lowest BCUT2D eigenvalue weighted by molar-refractivity contribution is 0.0653. The third-order valence-corrected chi connectivity index (χ3v) is 3.47. The van der Waals surface area contributed by atoms with E-state index in [4.69, 9.17) is 4.74 Å². The first-order valence-electron chi connectivity index (χ1n) is 6.23. The van der Waals surface area contributed by atoms with Crippen molar-refractivity contribution in [3.8, 4) is 0 Å². The average molecular weight is 230 g/mol. The molecule has 1 fully saturated rings. The molecule has 4 heteroatoms. The van der Waals surface area contributed by atoms with Crippen LogP contribution >= 0.6 is 0 Å². The maximum absolute atomic E-state index is 9.32. The second-order valence-electron chi connectivity index (χ2n) is 5.05. The first-order chi connectivity index (χ1) is 7.59. The molecular formula is C12H26N2O2. The van der Waals surface area contributed by atoms with E-state index < -0.39 is 0 Å². The van der Waals surface area contributed by atoms with E-state index in [0.717, 1.165) is 39.1 Å². The molecule has 0 radical (unpaired) electrons. The molecular weight excluding hydrogens is 204 g/mol. The van der Waals surface area contributed by atoms with Gasteiger partial charge in [0, 0.05) is 31.8 Å². The van der Waals surface area contributed by atoms with Gasteiger partial charge in [-0.2, -0.15) is 0 Å². The second-order valence-corrected chi connectivity index (χ2v) is 5.05. The summed E-state index contributed by atoms with van der Waals surface area (Å²) in [4.78, 5) is 2.43. The zero-order chi connectivity index (χ0) is 12.0.